The molecule has 0 saturated carbocycles. The maximum absolute atomic E-state index is 10.8. The molecule has 0 amide bonds. The van der Waals surface area contributed by atoms with Crippen molar-refractivity contribution in [3.05, 3.63) is 0 Å². The third-order valence-corrected chi connectivity index (χ3v) is 4.32. The molecule has 0 aromatic heterocycles. The van der Waals surface area contributed by atoms with E-state index in [2.05, 4.69) is 0 Å². The molecule has 0 aromatic rings. The molecule has 1 aliphatic rings. The maximum atomic E-state index is 10.8. The summed E-state index contributed by atoms with van der Waals surface area (Å²) in [5.74, 6) is 0. The van der Waals surface area contributed by atoms with Crippen molar-refractivity contribution >= 4 is 14.5 Å². The first kappa shape index (κ1) is 8.34. The molecule has 0 unspecified atom stereocenters. The molecule has 0 radical (unpaired) electrons. The normalized spacial score (nSPS) is 30.8. The van der Waals surface area contributed by atoms with E-state index in [4.69, 9.17) is 7.64 Å². The van der Waals surface area contributed by atoms with Gasteiger partial charge in [-0.25, -0.2) is 0 Å². The van der Waals surface area contributed by atoms with Crippen molar-refractivity contribution in [2.45, 2.75) is 38.9 Å². The van der Waals surface area contributed by atoms with Gasteiger partial charge in [0.2, 0.25) is 0 Å². The van der Waals surface area contributed by atoms with Gasteiger partial charge in [0.05, 0.1) is 0 Å². The van der Waals surface area contributed by atoms with E-state index < -0.39 is 25.7 Å². The van der Waals surface area contributed by atoms with Gasteiger partial charge in [-0.3, -0.25) is 0 Å². The molecule has 0 aromatic carbocycles. The van der Waals surface area contributed by atoms with Crippen LogP contribution in [0.2, 0.25) is 0 Å². The minimum atomic E-state index is -2.43. The molecule has 1 rings (SSSR count). The van der Waals surface area contributed by atoms with E-state index in [0.717, 1.165) is 0 Å². The van der Waals surface area contributed by atoms with E-state index in [1.54, 1.807) is 0 Å². The topological polar surface area (TPSA) is 35.5 Å². The van der Waals surface area contributed by atoms with Gasteiger partial charge in [-0.2, -0.15) is 0 Å². The Hall–Kier alpha value is 0.239. The molecule has 4 heteroatoms. The van der Waals surface area contributed by atoms with Crippen LogP contribution in [0.25, 0.3) is 0 Å². The van der Waals surface area contributed by atoms with Gasteiger partial charge in [-0.15, -0.1) is 0 Å². The van der Waals surface area contributed by atoms with Crippen LogP contribution in [0.1, 0.15) is 27.7 Å². The van der Waals surface area contributed by atoms with Crippen LogP contribution >= 0.6 is 0 Å². The number of hydrogen-bond donors (Lipinski definition) is 0. The Morgan fingerprint density at radius 2 is 1.30 bits per heavy atom. The molecule has 0 N–H and O–H groups in total. The van der Waals surface area contributed by atoms with Crippen LogP contribution in [0, 0.1) is 0 Å². The van der Waals surface area contributed by atoms with E-state index in [1.807, 2.05) is 27.7 Å². The summed E-state index contributed by atoms with van der Waals surface area (Å²) in [5.41, 5.74) is -0.834. The molecule has 0 spiro atoms. The van der Waals surface area contributed by atoms with Gasteiger partial charge in [0, 0.05) is 0 Å². The predicted molar refractivity (Wildman–Crippen MR) is 36.8 cm³/mol. The van der Waals surface area contributed by atoms with Gasteiger partial charge < -0.3 is 0 Å². The summed E-state index contributed by atoms with van der Waals surface area (Å²) < 4.78 is 21.1. The second-order valence-corrected chi connectivity index (χ2v) is 4.95. The van der Waals surface area contributed by atoms with Gasteiger partial charge in [-0.05, 0) is 0 Å². The van der Waals surface area contributed by atoms with Crippen molar-refractivity contribution < 1.29 is 11.5 Å². The van der Waals surface area contributed by atoms with Crippen molar-refractivity contribution in [3.8, 4) is 0 Å². The van der Waals surface area contributed by atoms with Crippen LogP contribution < -0.4 is 0 Å². The molecular formula is C6H12O3Se. The van der Waals surface area contributed by atoms with E-state index in [1.165, 1.54) is 0 Å². The molecule has 1 aliphatic heterocycles. The van der Waals surface area contributed by atoms with Gasteiger partial charge in [-0.1, -0.05) is 0 Å². The molecule has 0 atom stereocenters. The molecule has 1 saturated heterocycles. The SMILES string of the molecule is CC1(C)O[Se](=O)OC1(C)C. The Labute approximate surface area is 65.4 Å². The summed E-state index contributed by atoms with van der Waals surface area (Å²) in [4.78, 5) is 0. The fourth-order valence-electron chi connectivity index (χ4n) is 0.558. The molecule has 1 heterocycles. The van der Waals surface area contributed by atoms with Crippen molar-refractivity contribution in [2.24, 2.45) is 0 Å². The Bertz CT molecular complexity index is 156. The second-order valence-electron chi connectivity index (χ2n) is 3.39. The van der Waals surface area contributed by atoms with Gasteiger partial charge in [0.25, 0.3) is 0 Å². The molecule has 0 bridgehead atoms. The van der Waals surface area contributed by atoms with E-state index in [0.29, 0.717) is 0 Å². The summed E-state index contributed by atoms with van der Waals surface area (Å²) >= 11 is -2.43. The Morgan fingerprint density at radius 3 is 1.40 bits per heavy atom. The Morgan fingerprint density at radius 1 is 1.00 bits per heavy atom. The van der Waals surface area contributed by atoms with Crippen LogP contribution in [0.15, 0.2) is 0 Å². The molecule has 60 valence electrons. The predicted octanol–water partition coefficient (Wildman–Crippen LogP) is 1.01. The van der Waals surface area contributed by atoms with Crippen molar-refractivity contribution in [2.75, 3.05) is 0 Å². The second kappa shape index (κ2) is 2.11. The fourth-order valence-corrected chi connectivity index (χ4v) is 2.90. The number of hydrogen-bond acceptors (Lipinski definition) is 3. The van der Waals surface area contributed by atoms with Crippen molar-refractivity contribution in [3.63, 3.8) is 0 Å². The molecular weight excluding hydrogens is 199 g/mol. The fraction of sp³-hybridized carbons (Fsp3) is 1.00. The summed E-state index contributed by atoms with van der Waals surface area (Å²) in [6.07, 6.45) is 0. The van der Waals surface area contributed by atoms with E-state index in [9.17, 15) is 3.83 Å². The third-order valence-electron chi connectivity index (χ3n) is 2.00. The zero-order valence-electron chi connectivity index (χ0n) is 6.63. The van der Waals surface area contributed by atoms with Crippen molar-refractivity contribution in [1.82, 2.24) is 0 Å². The van der Waals surface area contributed by atoms with E-state index >= 15 is 0 Å². The first-order chi connectivity index (χ1) is 4.35. The van der Waals surface area contributed by atoms with Crippen molar-refractivity contribution in [1.29, 1.82) is 0 Å². The summed E-state index contributed by atoms with van der Waals surface area (Å²) in [6, 6.07) is 0. The minimum absolute atomic E-state index is 0.417. The monoisotopic (exact) mass is 212 g/mol. The van der Waals surface area contributed by atoms with Crippen LogP contribution in [0.4, 0.5) is 0 Å². The zero-order chi connectivity index (χ0) is 7.99. The van der Waals surface area contributed by atoms with Crippen LogP contribution in [0.3, 0.4) is 0 Å². The molecule has 3 nitrogen and oxygen atoms in total. The molecule has 10 heavy (non-hydrogen) atoms. The van der Waals surface area contributed by atoms with Crippen LogP contribution in [0.5, 0.6) is 0 Å². The quantitative estimate of drug-likeness (QED) is 0.561. The zero-order valence-corrected chi connectivity index (χ0v) is 8.35. The first-order valence-corrected chi connectivity index (χ1v) is 5.26. The Kier molecular flexibility index (Phi) is 1.76. The number of rotatable bonds is 0. The third kappa shape index (κ3) is 1.17. The summed E-state index contributed by atoms with van der Waals surface area (Å²) in [6.45, 7) is 7.53. The van der Waals surface area contributed by atoms with Gasteiger partial charge in [0.1, 0.15) is 0 Å². The van der Waals surface area contributed by atoms with E-state index in [-0.39, 0.29) is 0 Å². The van der Waals surface area contributed by atoms with Crippen LogP contribution in [-0.2, 0) is 11.5 Å². The summed E-state index contributed by atoms with van der Waals surface area (Å²) in [7, 11) is 0. The molecule has 0 aliphatic carbocycles. The summed E-state index contributed by atoms with van der Waals surface area (Å²) in [5, 5.41) is 0. The Balaban J connectivity index is 2.88. The van der Waals surface area contributed by atoms with Crippen LogP contribution in [-0.4, -0.2) is 25.7 Å². The standard InChI is InChI=1S/C6H12O3Se/c1-5(2)6(3,4)9-10(7)8-5/h1-4H3. The molecule has 1 fully saturated rings. The van der Waals surface area contributed by atoms with Gasteiger partial charge >= 0.3 is 64.9 Å². The van der Waals surface area contributed by atoms with Gasteiger partial charge in [0.15, 0.2) is 0 Å². The average molecular weight is 211 g/mol. The average Bonchev–Trinajstić information content (AvgIpc) is 1.73. The first-order valence-electron chi connectivity index (χ1n) is 3.16.